The Morgan fingerprint density at radius 2 is 2.12 bits per heavy atom. The Hall–Kier alpha value is 0.493. The summed E-state index contributed by atoms with van der Waals surface area (Å²) in [5.74, 6) is 0. The van der Waals surface area contributed by atoms with E-state index in [0.29, 0.717) is 18.3 Å². The van der Waals surface area contributed by atoms with Crippen LogP contribution in [0.25, 0.3) is 0 Å². The van der Waals surface area contributed by atoms with Gasteiger partial charge in [0, 0.05) is 0 Å². The van der Waals surface area contributed by atoms with Gasteiger partial charge in [-0.2, -0.15) is 0 Å². The maximum atomic E-state index is 10.1. The second-order valence-electron chi connectivity index (χ2n) is 1.37. The summed E-state index contributed by atoms with van der Waals surface area (Å²) >= 11 is 0.481. The Balaban J connectivity index is 4.04. The van der Waals surface area contributed by atoms with Gasteiger partial charge in [0.25, 0.3) is 0 Å². The fraction of sp³-hybridized carbons (Fsp3) is 1.00. The molecule has 0 amide bonds. The van der Waals surface area contributed by atoms with Crippen LogP contribution >= 0.6 is 0 Å². The minimum atomic E-state index is -3.82. The van der Waals surface area contributed by atoms with Crippen molar-refractivity contribution in [1.82, 2.24) is 0 Å². The molecule has 3 N–H and O–H groups in total. The van der Waals surface area contributed by atoms with Crippen molar-refractivity contribution in [3.63, 3.8) is 0 Å². The summed E-state index contributed by atoms with van der Waals surface area (Å²) in [7, 11) is -3.82. The van der Waals surface area contributed by atoms with Gasteiger partial charge >= 0.3 is 57.5 Å². The van der Waals surface area contributed by atoms with Gasteiger partial charge in [-0.3, -0.25) is 0 Å². The molecule has 1 unspecified atom stereocenters. The molecule has 0 rings (SSSR count). The van der Waals surface area contributed by atoms with Crippen LogP contribution in [0.1, 0.15) is 0 Å². The molecule has 0 aromatic rings. The zero-order valence-corrected chi connectivity index (χ0v) is 8.02. The van der Waals surface area contributed by atoms with Crippen molar-refractivity contribution in [2.75, 3.05) is 6.54 Å². The van der Waals surface area contributed by atoms with Crippen LogP contribution in [-0.2, 0) is 28.4 Å². The van der Waals surface area contributed by atoms with E-state index in [1.807, 2.05) is 0 Å². The van der Waals surface area contributed by atoms with Crippen LogP contribution in [0.15, 0.2) is 0 Å². The molecule has 0 aliphatic heterocycles. The molecule has 0 fully saturated rings. The van der Waals surface area contributed by atoms with Crippen molar-refractivity contribution in [3.05, 3.63) is 0 Å². The Morgan fingerprint density at radius 1 is 1.75 bits per heavy atom. The van der Waals surface area contributed by atoms with Crippen molar-refractivity contribution in [3.8, 4) is 0 Å². The van der Waals surface area contributed by atoms with E-state index >= 15 is 0 Å². The monoisotopic (exact) mass is 188 g/mol. The minimum absolute atomic E-state index is 0.0127. The zero-order chi connectivity index (χ0) is 6.78. The summed E-state index contributed by atoms with van der Waals surface area (Å²) in [6.45, 7) is 0.0127. The predicted octanol–water partition coefficient (Wildman–Crippen LogP) is -1.29. The first-order chi connectivity index (χ1) is 3.48. The molecule has 4 nitrogen and oxygen atoms in total. The van der Waals surface area contributed by atoms with Crippen LogP contribution in [0.2, 0.25) is 0 Å². The fourth-order valence-electron chi connectivity index (χ4n) is 0.122. The summed E-state index contributed by atoms with van der Waals surface area (Å²) in [5.41, 5.74) is 4.95. The predicted molar refractivity (Wildman–Crippen MR) is 24.4 cm³/mol. The second kappa shape index (κ2) is 2.87. The third-order valence-corrected chi connectivity index (χ3v) is 5.07. The first-order valence-corrected chi connectivity index (χ1v) is 5.19. The van der Waals surface area contributed by atoms with E-state index in [-0.39, 0.29) is 6.54 Å². The van der Waals surface area contributed by atoms with Gasteiger partial charge in [-0.15, -0.1) is 0 Å². The Kier molecular flexibility index (Phi) is 3.05. The summed E-state index contributed by atoms with van der Waals surface area (Å²) in [5, 5.41) is 0. The molecule has 6 heteroatoms. The summed E-state index contributed by atoms with van der Waals surface area (Å²) < 4.78 is 27.6. The second-order valence-corrected chi connectivity index (χ2v) is 6.38. The Labute approximate surface area is 57.9 Å². The van der Waals surface area contributed by atoms with Gasteiger partial charge < -0.3 is 0 Å². The molecule has 0 aliphatic rings. The molecular weight excluding hydrogens is 183 g/mol. The summed E-state index contributed by atoms with van der Waals surface area (Å²) in [6, 6.07) is 0. The van der Waals surface area contributed by atoms with Gasteiger partial charge in [0.05, 0.1) is 0 Å². The van der Waals surface area contributed by atoms with E-state index in [4.69, 9.17) is 10.3 Å². The normalized spacial score (nSPS) is 16.0. The molecule has 0 aromatic heterocycles. The van der Waals surface area contributed by atoms with E-state index in [1.54, 1.807) is 0 Å². The van der Waals surface area contributed by atoms with Crippen LogP contribution in [0, 0.1) is 0 Å². The molecule has 8 heavy (non-hydrogen) atoms. The molecule has 0 heterocycles. The van der Waals surface area contributed by atoms with E-state index in [9.17, 15) is 8.42 Å². The quantitative estimate of drug-likeness (QED) is 0.418. The first kappa shape index (κ1) is 8.49. The van der Waals surface area contributed by atoms with Crippen molar-refractivity contribution in [2.45, 2.75) is 3.84 Å². The first-order valence-electron chi connectivity index (χ1n) is 1.98. The number of rotatable bonds is 2. The average molecular weight is 190 g/mol. The van der Waals surface area contributed by atoms with Crippen LogP contribution in [0.5, 0.6) is 0 Å². The van der Waals surface area contributed by atoms with Gasteiger partial charge in [-0.05, 0) is 0 Å². The average Bonchev–Trinajstić information content (AvgIpc) is 1.62. The molecule has 0 spiro atoms. The van der Waals surface area contributed by atoms with Gasteiger partial charge in [0.1, 0.15) is 0 Å². The number of hydrogen-bond donors (Lipinski definition) is 2. The molecule has 0 aliphatic carbocycles. The standard InChI is InChI=1S/C2H6NO3S.Zn/c3-1-2-7(4,5)6;/h2H,1,3H2,(H,4,5,6);. The van der Waals surface area contributed by atoms with Crippen molar-refractivity contribution >= 4 is 10.1 Å². The van der Waals surface area contributed by atoms with Gasteiger partial charge in [0.2, 0.25) is 0 Å². The van der Waals surface area contributed by atoms with Crippen LogP contribution in [0.3, 0.4) is 0 Å². The maximum absolute atomic E-state index is 10.1. The fourth-order valence-corrected chi connectivity index (χ4v) is 0.365. The van der Waals surface area contributed by atoms with E-state index < -0.39 is 14.0 Å². The summed E-state index contributed by atoms with van der Waals surface area (Å²) in [6.07, 6.45) is 0. The van der Waals surface area contributed by atoms with Crippen LogP contribution < -0.4 is 5.73 Å². The molecule has 0 aromatic carbocycles. The van der Waals surface area contributed by atoms with E-state index in [0.717, 1.165) is 0 Å². The Bertz CT molecular complexity index is 153. The van der Waals surface area contributed by atoms with Crippen LogP contribution in [0.4, 0.5) is 0 Å². The zero-order valence-electron chi connectivity index (χ0n) is 4.24. The molecule has 0 saturated heterocycles. The van der Waals surface area contributed by atoms with Crippen LogP contribution in [-0.4, -0.2) is 23.4 Å². The Morgan fingerprint density at radius 3 is 2.12 bits per heavy atom. The molecule has 45 valence electrons. The molecule has 0 bridgehead atoms. The van der Waals surface area contributed by atoms with E-state index in [1.165, 1.54) is 0 Å². The van der Waals surface area contributed by atoms with Gasteiger partial charge in [-0.25, -0.2) is 0 Å². The molecular formula is C2H6NO3SZn. The van der Waals surface area contributed by atoms with Gasteiger partial charge in [0.15, 0.2) is 0 Å². The molecule has 0 saturated carbocycles. The topological polar surface area (TPSA) is 80.4 Å². The summed E-state index contributed by atoms with van der Waals surface area (Å²) in [4.78, 5) is 0. The van der Waals surface area contributed by atoms with Crippen molar-refractivity contribution in [1.29, 1.82) is 0 Å². The van der Waals surface area contributed by atoms with Crippen molar-refractivity contribution in [2.24, 2.45) is 5.73 Å². The van der Waals surface area contributed by atoms with Crippen molar-refractivity contribution < 1.29 is 31.3 Å². The number of hydrogen-bond acceptors (Lipinski definition) is 3. The third kappa shape index (κ3) is 2.72. The SMILES string of the molecule is NC[CH]([Zn])S(=O)(=O)O. The van der Waals surface area contributed by atoms with E-state index in [2.05, 4.69) is 0 Å². The van der Waals surface area contributed by atoms with Gasteiger partial charge in [-0.1, -0.05) is 0 Å². The number of nitrogens with two attached hydrogens (primary N) is 1. The molecule has 1 atom stereocenters. The molecule has 0 radical (unpaired) electrons. The third-order valence-electron chi connectivity index (χ3n) is 0.684.